The summed E-state index contributed by atoms with van der Waals surface area (Å²) < 4.78 is 9.26. The topological polar surface area (TPSA) is 30.4 Å². The summed E-state index contributed by atoms with van der Waals surface area (Å²) in [6.07, 6.45) is 5.07. The van der Waals surface area contributed by atoms with Gasteiger partial charge in [-0.05, 0) is 134 Å². The lowest BCUT2D eigenvalue weighted by Gasteiger charge is -2.31. The number of hydrogen-bond acceptors (Lipinski definition) is 2. The number of furan rings is 1. The highest BCUT2D eigenvalue weighted by molar-refractivity contribution is 6.21. The molecule has 0 N–H and O–H groups in total. The summed E-state index contributed by atoms with van der Waals surface area (Å²) in [4.78, 5) is 5.55. The summed E-state index contributed by atoms with van der Waals surface area (Å²) in [5.41, 5.74) is 21.9. The maximum absolute atomic E-state index is 6.73. The van der Waals surface area contributed by atoms with Crippen LogP contribution in [0.15, 0.2) is 210 Å². The van der Waals surface area contributed by atoms with E-state index in [1.165, 1.54) is 88.2 Å². The van der Waals surface area contributed by atoms with Crippen LogP contribution >= 0.6 is 0 Å². The van der Waals surface area contributed by atoms with E-state index in [9.17, 15) is 0 Å². The molecule has 0 radical (unpaired) electrons. The second-order valence-electron chi connectivity index (χ2n) is 18.5. The number of aromatic nitrogens is 1. The van der Waals surface area contributed by atoms with Crippen LogP contribution < -0.4 is 0 Å². The van der Waals surface area contributed by atoms with Gasteiger partial charge in [-0.1, -0.05) is 171 Å². The number of rotatable bonds is 4. The summed E-state index contributed by atoms with van der Waals surface area (Å²) in [6.45, 7) is 2.44. The van der Waals surface area contributed by atoms with Crippen LogP contribution in [0, 0.1) is 0 Å². The Hall–Kier alpha value is -8.01. The van der Waals surface area contributed by atoms with Gasteiger partial charge in [0.1, 0.15) is 11.3 Å². The predicted octanol–water partition coefficient (Wildman–Crippen LogP) is 16.3. The smallest absolute Gasteiger partial charge is 0.157 e. The number of fused-ring (bicyclic) bond motifs is 14. The molecule has 2 unspecified atom stereocenters. The van der Waals surface area contributed by atoms with E-state index in [1.807, 2.05) is 0 Å². The molecule has 2 atom stereocenters. The van der Waals surface area contributed by atoms with Gasteiger partial charge in [-0.2, -0.15) is 0 Å². The van der Waals surface area contributed by atoms with Crippen molar-refractivity contribution >= 4 is 55.0 Å². The normalized spacial score (nSPS) is 16.3. The Balaban J connectivity index is 0.966. The van der Waals surface area contributed by atoms with Gasteiger partial charge in [0.2, 0.25) is 0 Å². The number of hydrogen-bond donors (Lipinski definition) is 0. The molecule has 3 nitrogen and oxygen atoms in total. The third-order valence-corrected chi connectivity index (χ3v) is 15.0. The molecular formula is C63H44N2O. The molecule has 0 amide bonds. The maximum atomic E-state index is 6.73. The fourth-order valence-electron chi connectivity index (χ4n) is 11.8. The molecule has 312 valence electrons. The molecule has 1 aliphatic heterocycles. The Morgan fingerprint density at radius 2 is 1.20 bits per heavy atom. The third kappa shape index (κ3) is 5.59. The molecule has 0 spiro atoms. The van der Waals surface area contributed by atoms with E-state index in [0.29, 0.717) is 11.8 Å². The van der Waals surface area contributed by atoms with Crippen LogP contribution in [0.3, 0.4) is 0 Å². The van der Waals surface area contributed by atoms with Crippen molar-refractivity contribution in [2.75, 3.05) is 0 Å². The number of benzene rings is 9. The quantitative estimate of drug-likeness (QED) is 0.174. The highest BCUT2D eigenvalue weighted by atomic mass is 16.3. The zero-order valence-electron chi connectivity index (χ0n) is 36.6. The average molecular weight is 845 g/mol. The van der Waals surface area contributed by atoms with Gasteiger partial charge in [-0.3, -0.25) is 0 Å². The molecule has 11 aromatic rings. The molecule has 14 rings (SSSR count). The van der Waals surface area contributed by atoms with Crippen molar-refractivity contribution in [3.05, 3.63) is 239 Å². The minimum atomic E-state index is 0.399. The molecule has 3 heteroatoms. The zero-order valence-corrected chi connectivity index (χ0v) is 36.6. The number of aliphatic imine (C=N–C) groups is 1. The molecule has 3 aliphatic rings. The van der Waals surface area contributed by atoms with Gasteiger partial charge in [0, 0.05) is 33.0 Å². The number of para-hydroxylation sites is 1. The lowest BCUT2D eigenvalue weighted by molar-refractivity contribution is 0.575. The van der Waals surface area contributed by atoms with Crippen LogP contribution in [0.25, 0.3) is 88.3 Å². The molecule has 3 heterocycles. The molecule has 66 heavy (non-hydrogen) atoms. The zero-order chi connectivity index (χ0) is 43.5. The molecule has 0 saturated heterocycles. The van der Waals surface area contributed by atoms with Crippen molar-refractivity contribution in [1.29, 1.82) is 0 Å². The lowest BCUT2D eigenvalue weighted by atomic mass is 9.72. The molecule has 2 bridgehead atoms. The van der Waals surface area contributed by atoms with Crippen molar-refractivity contribution in [3.8, 4) is 39.1 Å². The Morgan fingerprint density at radius 1 is 0.530 bits per heavy atom. The van der Waals surface area contributed by atoms with Crippen molar-refractivity contribution in [2.24, 2.45) is 4.99 Å². The lowest BCUT2D eigenvalue weighted by Crippen LogP contribution is -2.15. The van der Waals surface area contributed by atoms with Crippen molar-refractivity contribution in [3.63, 3.8) is 0 Å². The highest BCUT2D eigenvalue weighted by Gasteiger charge is 2.37. The Bertz CT molecular complexity index is 3840. The monoisotopic (exact) mass is 844 g/mol. The average Bonchev–Trinajstić information content (AvgIpc) is 3.86. The number of aryl methyl sites for hydroxylation is 1. The largest absolute Gasteiger partial charge is 0.454 e. The first-order chi connectivity index (χ1) is 32.6. The van der Waals surface area contributed by atoms with Crippen LogP contribution in [0.5, 0.6) is 0 Å². The molecule has 2 aromatic heterocycles. The van der Waals surface area contributed by atoms with Crippen LogP contribution in [-0.2, 0) is 12.8 Å². The predicted molar refractivity (Wildman–Crippen MR) is 274 cm³/mol. The summed E-state index contributed by atoms with van der Waals surface area (Å²) in [5, 5.41) is 6.29. The summed E-state index contributed by atoms with van der Waals surface area (Å²) in [5.74, 6) is 1.68. The summed E-state index contributed by atoms with van der Waals surface area (Å²) in [7, 11) is 0. The van der Waals surface area contributed by atoms with Gasteiger partial charge in [-0.25, -0.2) is 4.99 Å². The van der Waals surface area contributed by atoms with Gasteiger partial charge >= 0.3 is 0 Å². The molecule has 9 aromatic carbocycles. The van der Waals surface area contributed by atoms with Gasteiger partial charge < -0.3 is 8.98 Å². The van der Waals surface area contributed by atoms with Gasteiger partial charge in [0.15, 0.2) is 5.76 Å². The first kappa shape index (κ1) is 37.4. The second-order valence-corrected chi connectivity index (χ2v) is 18.5. The van der Waals surface area contributed by atoms with Crippen LogP contribution in [-0.4, -0.2) is 10.3 Å². The second kappa shape index (κ2) is 14.5. The number of allylic oxidation sites excluding steroid dienone is 1. The first-order valence-corrected chi connectivity index (χ1v) is 23.4. The first-order valence-electron chi connectivity index (χ1n) is 23.4. The SMILES string of the molecule is CC1c2ccccc2-c2cc3c(c4c2CC1c1ccccc1-4)c1cc2ccccc2cc1n3-c1ccc(C2=CCCc3c(oc4ccccc34)C(c3ccc(-c4ccccc4)cc3)=N2)cc1. The van der Waals surface area contributed by atoms with Gasteiger partial charge in [0.05, 0.1) is 16.7 Å². The van der Waals surface area contributed by atoms with E-state index in [4.69, 9.17) is 9.41 Å². The van der Waals surface area contributed by atoms with E-state index in [1.54, 1.807) is 0 Å². The van der Waals surface area contributed by atoms with Crippen LogP contribution in [0.4, 0.5) is 0 Å². The van der Waals surface area contributed by atoms with Gasteiger partial charge in [0.25, 0.3) is 0 Å². The fraction of sp³-hybridized carbons (Fsp3) is 0.0952. The molecule has 0 saturated carbocycles. The Morgan fingerprint density at radius 3 is 2.03 bits per heavy atom. The minimum Gasteiger partial charge on any atom is -0.454 e. The summed E-state index contributed by atoms with van der Waals surface area (Å²) in [6, 6.07) is 71.5. The fourth-order valence-corrected chi connectivity index (χ4v) is 11.8. The van der Waals surface area contributed by atoms with E-state index in [2.05, 4.69) is 212 Å². The third-order valence-electron chi connectivity index (χ3n) is 15.0. The van der Waals surface area contributed by atoms with Crippen molar-refractivity contribution in [1.82, 2.24) is 4.57 Å². The maximum Gasteiger partial charge on any atom is 0.157 e. The minimum absolute atomic E-state index is 0.399. The van der Waals surface area contributed by atoms with E-state index >= 15 is 0 Å². The molecule has 2 aliphatic carbocycles. The Labute approximate surface area is 383 Å². The van der Waals surface area contributed by atoms with Crippen molar-refractivity contribution in [2.45, 2.75) is 38.0 Å². The van der Waals surface area contributed by atoms with E-state index in [0.717, 1.165) is 64.2 Å². The highest BCUT2D eigenvalue weighted by Crippen LogP contribution is 2.56. The van der Waals surface area contributed by atoms with E-state index in [-0.39, 0.29) is 0 Å². The van der Waals surface area contributed by atoms with Crippen molar-refractivity contribution < 1.29 is 4.42 Å². The van der Waals surface area contributed by atoms with E-state index < -0.39 is 0 Å². The van der Waals surface area contributed by atoms with Crippen LogP contribution in [0.2, 0.25) is 0 Å². The van der Waals surface area contributed by atoms with Crippen LogP contribution in [0.1, 0.15) is 64.3 Å². The number of nitrogens with zero attached hydrogens (tertiary/aromatic N) is 2. The standard InChI is InChI=1S/C63H44N2O/c1-38-46-18-7-8-19-47(46)53-37-58-61(60-50-22-10-9-20-48(50)52(38)36-54(53)60)55-34-43-16-5-6-17-44(43)35-57(55)65(58)45-32-30-41(31-33-45)56-24-13-23-51-49-21-11-12-25-59(49)66-63(51)62(64-56)42-28-26-40(27-29-42)39-14-3-2-4-15-39/h2-12,14-22,24-35,37-38,52H,13,23,36H2,1H3. The van der Waals surface area contributed by atoms with Gasteiger partial charge in [-0.15, -0.1) is 0 Å². The molecular weight excluding hydrogens is 801 g/mol. The summed E-state index contributed by atoms with van der Waals surface area (Å²) >= 11 is 0. The molecule has 0 fully saturated rings. The Kier molecular flexibility index (Phi) is 8.21.